The molecule has 0 spiro atoms. The van der Waals surface area contributed by atoms with Crippen molar-refractivity contribution in [2.45, 2.75) is 0 Å². The highest BCUT2D eigenvalue weighted by Crippen LogP contribution is 2.24. The number of hydrogen-bond donors (Lipinski definition) is 0. The molecule has 4 aromatic rings. The number of benzene rings is 1. The third-order valence-corrected chi connectivity index (χ3v) is 6.15. The first-order chi connectivity index (χ1) is 14.7. The van der Waals surface area contributed by atoms with Crippen LogP contribution in [0.3, 0.4) is 0 Å². The van der Waals surface area contributed by atoms with Gasteiger partial charge in [0.05, 0.1) is 17.3 Å². The van der Waals surface area contributed by atoms with Gasteiger partial charge in [0.15, 0.2) is 0 Å². The summed E-state index contributed by atoms with van der Waals surface area (Å²) in [5.41, 5.74) is 2.84. The van der Waals surface area contributed by atoms with Crippen molar-refractivity contribution in [1.82, 2.24) is 24.4 Å². The van der Waals surface area contributed by atoms with E-state index in [0.29, 0.717) is 37.4 Å². The van der Waals surface area contributed by atoms with Gasteiger partial charge < -0.3 is 9.80 Å². The second kappa shape index (κ2) is 7.72. The molecule has 0 unspecified atom stereocenters. The van der Waals surface area contributed by atoms with E-state index >= 15 is 0 Å². The standard InChI is InChI=1S/C22H19N5O2S/c28-21(17-14-23-27-9-5-4-8-19(17)27)25-10-12-26(13-11-25)22(29)18-15-30-20(24-18)16-6-2-1-3-7-16/h1-9,14-15H,10-13H2. The minimum Gasteiger partial charge on any atom is -0.335 e. The summed E-state index contributed by atoms with van der Waals surface area (Å²) in [6.07, 6.45) is 3.43. The normalized spacial score (nSPS) is 14.3. The van der Waals surface area contributed by atoms with Gasteiger partial charge in [-0.2, -0.15) is 5.10 Å². The Morgan fingerprint density at radius 3 is 2.33 bits per heavy atom. The molecule has 1 aliphatic rings. The molecule has 3 aromatic heterocycles. The Hall–Kier alpha value is -3.52. The van der Waals surface area contributed by atoms with Crippen molar-refractivity contribution in [3.05, 3.63) is 77.6 Å². The molecule has 7 nitrogen and oxygen atoms in total. The lowest BCUT2D eigenvalue weighted by atomic mass is 10.2. The zero-order chi connectivity index (χ0) is 20.5. The first-order valence-electron chi connectivity index (χ1n) is 9.72. The zero-order valence-corrected chi connectivity index (χ0v) is 17.0. The number of fused-ring (bicyclic) bond motifs is 1. The van der Waals surface area contributed by atoms with Crippen LogP contribution in [-0.2, 0) is 0 Å². The highest BCUT2D eigenvalue weighted by Gasteiger charge is 2.28. The number of aromatic nitrogens is 3. The summed E-state index contributed by atoms with van der Waals surface area (Å²) in [5.74, 6) is -0.139. The van der Waals surface area contributed by atoms with Gasteiger partial charge in [-0.25, -0.2) is 9.50 Å². The molecule has 8 heteroatoms. The maximum Gasteiger partial charge on any atom is 0.273 e. The van der Waals surface area contributed by atoms with Crippen LogP contribution in [0.4, 0.5) is 0 Å². The minimum absolute atomic E-state index is 0.0525. The highest BCUT2D eigenvalue weighted by atomic mass is 32.1. The Morgan fingerprint density at radius 1 is 0.867 bits per heavy atom. The molecule has 1 aliphatic heterocycles. The predicted molar refractivity (Wildman–Crippen MR) is 115 cm³/mol. The van der Waals surface area contributed by atoms with Crippen LogP contribution in [-0.4, -0.2) is 62.4 Å². The molecule has 1 saturated heterocycles. The molecule has 0 bridgehead atoms. The zero-order valence-electron chi connectivity index (χ0n) is 16.1. The van der Waals surface area contributed by atoms with E-state index in [1.165, 1.54) is 11.3 Å². The molecular formula is C22H19N5O2S. The van der Waals surface area contributed by atoms with Gasteiger partial charge in [0, 0.05) is 43.3 Å². The van der Waals surface area contributed by atoms with Crippen molar-refractivity contribution in [2.75, 3.05) is 26.2 Å². The maximum absolute atomic E-state index is 12.9. The van der Waals surface area contributed by atoms with Crippen molar-refractivity contribution >= 4 is 28.7 Å². The molecule has 1 fully saturated rings. The van der Waals surface area contributed by atoms with Crippen LogP contribution >= 0.6 is 11.3 Å². The van der Waals surface area contributed by atoms with Crippen LogP contribution in [0, 0.1) is 0 Å². The van der Waals surface area contributed by atoms with E-state index in [2.05, 4.69) is 10.1 Å². The van der Waals surface area contributed by atoms with Gasteiger partial charge in [-0.05, 0) is 12.1 Å². The van der Waals surface area contributed by atoms with E-state index in [4.69, 9.17) is 0 Å². The summed E-state index contributed by atoms with van der Waals surface area (Å²) in [5, 5.41) is 6.88. The quantitative estimate of drug-likeness (QED) is 0.514. The summed E-state index contributed by atoms with van der Waals surface area (Å²) < 4.78 is 1.69. The van der Waals surface area contributed by atoms with E-state index in [-0.39, 0.29) is 11.8 Å². The smallest absolute Gasteiger partial charge is 0.273 e. The van der Waals surface area contributed by atoms with Gasteiger partial charge in [-0.15, -0.1) is 11.3 Å². The Labute approximate surface area is 177 Å². The first-order valence-corrected chi connectivity index (χ1v) is 10.6. The van der Waals surface area contributed by atoms with Gasteiger partial charge in [0.2, 0.25) is 0 Å². The van der Waals surface area contributed by atoms with E-state index in [1.54, 1.807) is 25.9 Å². The average molecular weight is 417 g/mol. The third kappa shape index (κ3) is 3.35. The summed E-state index contributed by atoms with van der Waals surface area (Å²) in [6, 6.07) is 15.5. The number of carbonyl (C=O) groups is 2. The van der Waals surface area contributed by atoms with Gasteiger partial charge in [-0.1, -0.05) is 36.4 Å². The van der Waals surface area contributed by atoms with Crippen molar-refractivity contribution in [1.29, 1.82) is 0 Å². The van der Waals surface area contributed by atoms with E-state index in [0.717, 1.165) is 16.1 Å². The number of carbonyl (C=O) groups excluding carboxylic acids is 2. The largest absolute Gasteiger partial charge is 0.335 e. The van der Waals surface area contributed by atoms with Gasteiger partial charge in [-0.3, -0.25) is 9.59 Å². The van der Waals surface area contributed by atoms with Crippen LogP contribution in [0.25, 0.3) is 16.1 Å². The van der Waals surface area contributed by atoms with Crippen molar-refractivity contribution in [3.63, 3.8) is 0 Å². The van der Waals surface area contributed by atoms with Crippen LogP contribution in [0.15, 0.2) is 66.3 Å². The maximum atomic E-state index is 12.9. The third-order valence-electron chi connectivity index (χ3n) is 5.26. The molecular weight excluding hydrogens is 398 g/mol. The lowest BCUT2D eigenvalue weighted by molar-refractivity contribution is 0.0534. The molecule has 0 aliphatic carbocycles. The number of piperazine rings is 1. The molecule has 1 aromatic carbocycles. The van der Waals surface area contributed by atoms with Gasteiger partial charge in [0.1, 0.15) is 10.7 Å². The minimum atomic E-state index is -0.0866. The Morgan fingerprint density at radius 2 is 1.57 bits per heavy atom. The molecule has 0 N–H and O–H groups in total. The Kier molecular flexibility index (Phi) is 4.76. The number of thiazole rings is 1. The summed E-state index contributed by atoms with van der Waals surface area (Å²) >= 11 is 1.47. The molecule has 2 amide bonds. The molecule has 0 atom stereocenters. The molecule has 30 heavy (non-hydrogen) atoms. The SMILES string of the molecule is O=C(c1csc(-c2ccccc2)n1)N1CCN(C(=O)c2cnn3ccccc23)CC1. The fraction of sp³-hybridized carbons (Fsp3) is 0.182. The van der Waals surface area contributed by atoms with Crippen LogP contribution in [0.1, 0.15) is 20.8 Å². The van der Waals surface area contributed by atoms with Crippen LogP contribution < -0.4 is 0 Å². The predicted octanol–water partition coefficient (Wildman–Crippen LogP) is 3.06. The molecule has 150 valence electrons. The average Bonchev–Trinajstić information content (AvgIpc) is 3.47. The molecule has 5 rings (SSSR count). The fourth-order valence-electron chi connectivity index (χ4n) is 3.63. The van der Waals surface area contributed by atoms with Gasteiger partial charge in [0.25, 0.3) is 11.8 Å². The Balaban J connectivity index is 1.25. The monoisotopic (exact) mass is 417 g/mol. The van der Waals surface area contributed by atoms with E-state index < -0.39 is 0 Å². The van der Waals surface area contributed by atoms with Gasteiger partial charge >= 0.3 is 0 Å². The van der Waals surface area contributed by atoms with E-state index in [9.17, 15) is 9.59 Å². The highest BCUT2D eigenvalue weighted by molar-refractivity contribution is 7.13. The Bertz CT molecular complexity index is 1210. The van der Waals surface area contributed by atoms with Crippen LogP contribution in [0.2, 0.25) is 0 Å². The fourth-order valence-corrected chi connectivity index (χ4v) is 4.43. The first kappa shape index (κ1) is 18.5. The summed E-state index contributed by atoms with van der Waals surface area (Å²) in [6.45, 7) is 1.96. The lowest BCUT2D eigenvalue weighted by Crippen LogP contribution is -2.50. The van der Waals surface area contributed by atoms with Crippen molar-refractivity contribution in [2.24, 2.45) is 0 Å². The number of nitrogens with zero attached hydrogens (tertiary/aromatic N) is 5. The second-order valence-corrected chi connectivity index (χ2v) is 7.94. The number of hydrogen-bond acceptors (Lipinski definition) is 5. The molecule has 0 saturated carbocycles. The van der Waals surface area contributed by atoms with Crippen molar-refractivity contribution < 1.29 is 9.59 Å². The van der Waals surface area contributed by atoms with E-state index in [1.807, 2.05) is 54.7 Å². The second-order valence-electron chi connectivity index (χ2n) is 7.08. The lowest BCUT2D eigenvalue weighted by Gasteiger charge is -2.34. The van der Waals surface area contributed by atoms with Crippen molar-refractivity contribution in [3.8, 4) is 10.6 Å². The molecule has 4 heterocycles. The topological polar surface area (TPSA) is 70.8 Å². The molecule has 0 radical (unpaired) electrons. The number of rotatable bonds is 3. The number of pyridine rings is 1. The van der Waals surface area contributed by atoms with Crippen LogP contribution in [0.5, 0.6) is 0 Å². The number of amides is 2. The summed E-state index contributed by atoms with van der Waals surface area (Å²) in [7, 11) is 0. The summed E-state index contributed by atoms with van der Waals surface area (Å²) in [4.78, 5) is 33.9.